The molecule has 0 aliphatic rings. The number of hydrogen-bond donors (Lipinski definition) is 2. The number of hydrogen-bond acceptors (Lipinski definition) is 3. The maximum atomic E-state index is 12.5. The second-order valence-electron chi connectivity index (χ2n) is 7.44. The monoisotopic (exact) mass is 449 g/mol. The Balaban J connectivity index is 1.85. The molecule has 2 aromatic carbocycles. The molecule has 0 bridgehead atoms. The van der Waals surface area contributed by atoms with Gasteiger partial charge in [-0.2, -0.15) is 0 Å². The highest BCUT2D eigenvalue weighted by Gasteiger charge is 2.23. The SMILES string of the molecule is CC(C)(CCO[C@@H](CCO)C(=O)Nc1ccc(Br)cc1)[SiH2]c1ccccc1. The molecule has 2 aromatic rings. The standard InChI is InChI=1S/C21H28BrNO3Si/c1-21(2,27-18-6-4-3-5-7-18)13-15-26-19(12-14-24)20(25)23-17-10-8-16(22)9-11-17/h3-11,19,24H,12-15,27H2,1-2H3,(H,23,25)/t19-/m0/s1. The minimum absolute atomic E-state index is 0.0828. The lowest BCUT2D eigenvalue weighted by Crippen LogP contribution is -2.33. The Bertz CT molecular complexity index is 707. The molecular formula is C21H28BrNO3Si. The molecule has 0 heterocycles. The third kappa shape index (κ3) is 7.97. The van der Waals surface area contributed by atoms with Crippen LogP contribution in [0.3, 0.4) is 0 Å². The zero-order chi connectivity index (χ0) is 19.7. The van der Waals surface area contributed by atoms with Crippen LogP contribution in [0.25, 0.3) is 0 Å². The number of carbonyl (C=O) groups excluding carboxylic acids is 1. The number of aliphatic hydroxyl groups is 1. The summed E-state index contributed by atoms with van der Waals surface area (Å²) in [6.07, 6.45) is 0.536. The van der Waals surface area contributed by atoms with Crippen molar-refractivity contribution < 1.29 is 14.6 Å². The van der Waals surface area contributed by atoms with Gasteiger partial charge in [0.05, 0.1) is 9.52 Å². The number of carbonyl (C=O) groups is 1. The maximum Gasteiger partial charge on any atom is 0.253 e. The van der Waals surface area contributed by atoms with Gasteiger partial charge in [-0.15, -0.1) is 0 Å². The molecule has 1 atom stereocenters. The molecule has 0 spiro atoms. The molecule has 1 amide bonds. The number of benzene rings is 2. The van der Waals surface area contributed by atoms with E-state index in [2.05, 4.69) is 59.4 Å². The van der Waals surface area contributed by atoms with Crippen LogP contribution >= 0.6 is 15.9 Å². The van der Waals surface area contributed by atoms with E-state index in [1.54, 1.807) is 0 Å². The number of rotatable bonds is 10. The molecule has 0 unspecified atom stereocenters. The Hall–Kier alpha value is -1.47. The summed E-state index contributed by atoms with van der Waals surface area (Å²) in [4.78, 5) is 12.5. The molecule has 2 N–H and O–H groups in total. The van der Waals surface area contributed by atoms with Crippen LogP contribution < -0.4 is 10.5 Å². The minimum atomic E-state index is -0.646. The Morgan fingerprint density at radius 1 is 1.19 bits per heavy atom. The van der Waals surface area contributed by atoms with Crippen LogP contribution in [0.5, 0.6) is 0 Å². The number of ether oxygens (including phenoxy) is 1. The van der Waals surface area contributed by atoms with Crippen LogP contribution in [0.2, 0.25) is 5.04 Å². The van der Waals surface area contributed by atoms with E-state index in [0.29, 0.717) is 18.7 Å². The molecule has 4 nitrogen and oxygen atoms in total. The maximum absolute atomic E-state index is 12.5. The number of nitrogens with one attached hydrogen (secondary N) is 1. The fourth-order valence-corrected chi connectivity index (χ4v) is 5.08. The largest absolute Gasteiger partial charge is 0.396 e. The van der Waals surface area contributed by atoms with Gasteiger partial charge < -0.3 is 15.2 Å². The summed E-state index contributed by atoms with van der Waals surface area (Å²) in [6.45, 7) is 4.95. The van der Waals surface area contributed by atoms with E-state index < -0.39 is 15.6 Å². The molecule has 0 saturated carbocycles. The lowest BCUT2D eigenvalue weighted by molar-refractivity contribution is -0.128. The van der Waals surface area contributed by atoms with Crippen LogP contribution in [0.4, 0.5) is 5.69 Å². The summed E-state index contributed by atoms with van der Waals surface area (Å²) in [5.41, 5.74) is 0.714. The molecule has 0 radical (unpaired) electrons. The highest BCUT2D eigenvalue weighted by molar-refractivity contribution is 9.10. The van der Waals surface area contributed by atoms with E-state index in [-0.39, 0.29) is 17.6 Å². The van der Waals surface area contributed by atoms with Crippen molar-refractivity contribution in [2.75, 3.05) is 18.5 Å². The van der Waals surface area contributed by atoms with Crippen molar-refractivity contribution >= 4 is 42.2 Å². The first-order chi connectivity index (χ1) is 12.9. The smallest absolute Gasteiger partial charge is 0.253 e. The molecule has 0 aliphatic carbocycles. The third-order valence-corrected chi connectivity index (χ3v) is 7.14. The van der Waals surface area contributed by atoms with Crippen molar-refractivity contribution in [1.82, 2.24) is 0 Å². The van der Waals surface area contributed by atoms with Crippen LogP contribution in [0, 0.1) is 0 Å². The molecule has 0 saturated heterocycles. The van der Waals surface area contributed by atoms with Gasteiger partial charge in [0.25, 0.3) is 5.91 Å². The van der Waals surface area contributed by atoms with Crippen LogP contribution in [-0.4, -0.2) is 39.9 Å². The molecule has 0 aromatic heterocycles. The quantitative estimate of drug-likeness (QED) is 0.547. The van der Waals surface area contributed by atoms with E-state index in [9.17, 15) is 9.90 Å². The molecule has 6 heteroatoms. The van der Waals surface area contributed by atoms with E-state index in [1.165, 1.54) is 5.19 Å². The van der Waals surface area contributed by atoms with E-state index in [4.69, 9.17) is 4.74 Å². The fraction of sp³-hybridized carbons (Fsp3) is 0.381. The zero-order valence-electron chi connectivity index (χ0n) is 16.0. The summed E-state index contributed by atoms with van der Waals surface area (Å²) < 4.78 is 6.81. The number of anilines is 1. The van der Waals surface area contributed by atoms with Gasteiger partial charge in [0.2, 0.25) is 0 Å². The first-order valence-corrected chi connectivity index (χ1v) is 11.4. The van der Waals surface area contributed by atoms with Crippen molar-refractivity contribution in [3.8, 4) is 0 Å². The van der Waals surface area contributed by atoms with Gasteiger partial charge in [0, 0.05) is 29.8 Å². The number of halogens is 1. The lowest BCUT2D eigenvalue weighted by Gasteiger charge is -2.25. The van der Waals surface area contributed by atoms with Crippen LogP contribution in [0.1, 0.15) is 26.7 Å². The van der Waals surface area contributed by atoms with Crippen molar-refractivity contribution in [3.05, 3.63) is 59.1 Å². The predicted octanol–water partition coefficient (Wildman–Crippen LogP) is 3.24. The highest BCUT2D eigenvalue weighted by Crippen LogP contribution is 2.27. The van der Waals surface area contributed by atoms with Gasteiger partial charge in [-0.25, -0.2) is 0 Å². The molecule has 27 heavy (non-hydrogen) atoms. The fourth-order valence-electron chi connectivity index (χ4n) is 2.88. The van der Waals surface area contributed by atoms with Gasteiger partial charge in [0.15, 0.2) is 0 Å². The van der Waals surface area contributed by atoms with E-state index in [0.717, 1.165) is 10.9 Å². The first-order valence-electron chi connectivity index (χ1n) is 9.22. The molecule has 0 fully saturated rings. The zero-order valence-corrected chi connectivity index (χ0v) is 19.0. The number of amides is 1. The van der Waals surface area contributed by atoms with Crippen LogP contribution in [0.15, 0.2) is 59.1 Å². The summed E-state index contributed by atoms with van der Waals surface area (Å²) >= 11 is 3.37. The van der Waals surface area contributed by atoms with Gasteiger partial charge in [-0.05, 0) is 35.7 Å². The van der Waals surface area contributed by atoms with E-state index in [1.807, 2.05) is 30.3 Å². The van der Waals surface area contributed by atoms with Gasteiger partial charge in [0.1, 0.15) is 6.10 Å². The summed E-state index contributed by atoms with van der Waals surface area (Å²) in [5, 5.41) is 13.8. The minimum Gasteiger partial charge on any atom is -0.396 e. The summed E-state index contributed by atoms with van der Waals surface area (Å²) in [6, 6.07) is 18.0. The summed E-state index contributed by atoms with van der Waals surface area (Å²) in [5.74, 6) is -0.218. The average molecular weight is 450 g/mol. The highest BCUT2D eigenvalue weighted by atomic mass is 79.9. The Morgan fingerprint density at radius 3 is 2.48 bits per heavy atom. The topological polar surface area (TPSA) is 58.6 Å². The predicted molar refractivity (Wildman–Crippen MR) is 117 cm³/mol. The lowest BCUT2D eigenvalue weighted by atomic mass is 10.1. The summed E-state index contributed by atoms with van der Waals surface area (Å²) in [7, 11) is -0.445. The van der Waals surface area contributed by atoms with Gasteiger partial charge in [-0.3, -0.25) is 4.79 Å². The Kier molecular flexibility index (Phi) is 8.69. The van der Waals surface area contributed by atoms with Gasteiger partial charge in [-0.1, -0.05) is 65.3 Å². The second kappa shape index (κ2) is 10.8. The van der Waals surface area contributed by atoms with Crippen LogP contribution in [-0.2, 0) is 9.53 Å². The number of aliphatic hydroxyl groups excluding tert-OH is 1. The van der Waals surface area contributed by atoms with Crippen molar-refractivity contribution in [1.29, 1.82) is 0 Å². The Labute approximate surface area is 172 Å². The normalized spacial score (nSPS) is 13.0. The van der Waals surface area contributed by atoms with Crippen molar-refractivity contribution in [2.24, 2.45) is 0 Å². The molecular weight excluding hydrogens is 422 g/mol. The Morgan fingerprint density at radius 2 is 1.85 bits per heavy atom. The average Bonchev–Trinajstić information content (AvgIpc) is 2.63. The molecule has 0 aliphatic heterocycles. The first kappa shape index (κ1) is 21.8. The molecule has 146 valence electrons. The second-order valence-corrected chi connectivity index (χ2v) is 11.4. The van der Waals surface area contributed by atoms with Gasteiger partial charge >= 0.3 is 0 Å². The molecule has 2 rings (SSSR count). The van der Waals surface area contributed by atoms with Crippen molar-refractivity contribution in [2.45, 2.75) is 37.8 Å². The van der Waals surface area contributed by atoms with E-state index >= 15 is 0 Å². The third-order valence-electron chi connectivity index (χ3n) is 4.42. The van der Waals surface area contributed by atoms with Crippen molar-refractivity contribution in [3.63, 3.8) is 0 Å².